The Labute approximate surface area is 112 Å². The first-order valence-electron chi connectivity index (χ1n) is 5.72. The number of phenols is 1. The van der Waals surface area contributed by atoms with Crippen LogP contribution in [0, 0.1) is 0 Å². The average Bonchev–Trinajstić information content (AvgIpc) is 2.41. The molecule has 0 radical (unpaired) electrons. The van der Waals surface area contributed by atoms with E-state index in [4.69, 9.17) is 0 Å². The molecule has 1 N–H and O–H groups in total. The van der Waals surface area contributed by atoms with E-state index in [0.717, 1.165) is 11.2 Å². The van der Waals surface area contributed by atoms with Gasteiger partial charge in [-0.1, -0.05) is 0 Å². The molecule has 19 heavy (non-hydrogen) atoms. The van der Waals surface area contributed by atoms with Gasteiger partial charge in [-0.15, -0.1) is 0 Å². The molecule has 0 amide bonds. The lowest BCUT2D eigenvalue weighted by Gasteiger charge is -2.07. The number of nitrogens with zero attached hydrogens (tertiary/aromatic N) is 4. The van der Waals surface area contributed by atoms with Gasteiger partial charge in [0.05, 0.1) is 11.4 Å². The van der Waals surface area contributed by atoms with E-state index >= 15 is 0 Å². The molecule has 5 nitrogen and oxygen atoms in total. The number of aliphatic imine (C=N–C) groups is 2. The first-order valence-corrected chi connectivity index (χ1v) is 5.72. The van der Waals surface area contributed by atoms with E-state index in [1.54, 1.807) is 25.4 Å². The normalized spacial score (nSPS) is 10.8. The van der Waals surface area contributed by atoms with Crippen molar-refractivity contribution in [3.8, 4) is 17.0 Å². The monoisotopic (exact) mass is 252 g/mol. The summed E-state index contributed by atoms with van der Waals surface area (Å²) in [5, 5.41) is 18.1. The lowest BCUT2D eigenvalue weighted by molar-refractivity contribution is 0.477. The average molecular weight is 252 g/mol. The third kappa shape index (κ3) is 2.68. The molecule has 0 saturated carbocycles. The number of hydrogen-bond acceptors (Lipinski definition) is 5. The summed E-state index contributed by atoms with van der Waals surface area (Å²) in [6, 6.07) is 6.97. The Morgan fingerprint density at radius 1 is 1.32 bits per heavy atom. The zero-order valence-electron chi connectivity index (χ0n) is 10.8. The molecule has 2 rings (SSSR count). The van der Waals surface area contributed by atoms with Gasteiger partial charge in [-0.05, 0) is 24.9 Å². The van der Waals surface area contributed by atoms with Gasteiger partial charge >= 0.3 is 0 Å². The molecule has 2 aromatic rings. The van der Waals surface area contributed by atoms with Crippen molar-refractivity contribution in [3.63, 3.8) is 0 Å². The highest BCUT2D eigenvalue weighted by molar-refractivity contribution is 6.30. The molecule has 1 aromatic carbocycles. The molecule has 94 valence electrons. The number of aromatic hydroxyl groups is 1. The third-order valence-electron chi connectivity index (χ3n) is 2.66. The first kappa shape index (κ1) is 12.9. The van der Waals surface area contributed by atoms with Crippen LogP contribution in [0.1, 0.15) is 5.56 Å². The summed E-state index contributed by atoms with van der Waals surface area (Å²) >= 11 is 0. The Kier molecular flexibility index (Phi) is 3.70. The van der Waals surface area contributed by atoms with Crippen molar-refractivity contribution >= 4 is 32.1 Å². The van der Waals surface area contributed by atoms with E-state index in [1.165, 1.54) is 0 Å². The standard InChI is InChI=1S/C13H13BN4O/c1-15-7-8-5-9(12(19)6-11(8)16-2)10-3-4-13(14)18-17-10/h3-7,19H,2,14H2,1H3/b15-7-. The fourth-order valence-corrected chi connectivity index (χ4v) is 1.72. The Bertz CT molecular complexity index is 638. The number of rotatable bonds is 3. The van der Waals surface area contributed by atoms with Gasteiger partial charge in [0.15, 0.2) is 7.85 Å². The van der Waals surface area contributed by atoms with Crippen LogP contribution < -0.4 is 5.59 Å². The van der Waals surface area contributed by atoms with E-state index in [2.05, 4.69) is 26.9 Å². The van der Waals surface area contributed by atoms with Crippen LogP contribution in [-0.4, -0.2) is 43.1 Å². The molecule has 0 atom stereocenters. The molecule has 6 heteroatoms. The second kappa shape index (κ2) is 5.43. The maximum absolute atomic E-state index is 10.0. The second-order valence-electron chi connectivity index (χ2n) is 4.03. The van der Waals surface area contributed by atoms with Crippen LogP contribution in [0.3, 0.4) is 0 Å². The zero-order valence-corrected chi connectivity index (χ0v) is 10.8. The van der Waals surface area contributed by atoms with Crippen LogP contribution in [0.4, 0.5) is 5.69 Å². The van der Waals surface area contributed by atoms with E-state index in [1.807, 2.05) is 20.0 Å². The van der Waals surface area contributed by atoms with E-state index in [0.29, 0.717) is 16.9 Å². The molecule has 0 aliphatic heterocycles. The van der Waals surface area contributed by atoms with Gasteiger partial charge in [0, 0.05) is 36.0 Å². The van der Waals surface area contributed by atoms with Gasteiger partial charge in [0.2, 0.25) is 0 Å². The highest BCUT2D eigenvalue weighted by Gasteiger charge is 2.10. The SMILES string of the molecule is Bc1ccc(-c2cc(/C=N\C)c(N=C)cc2O)nn1. The van der Waals surface area contributed by atoms with Crippen molar-refractivity contribution in [1.29, 1.82) is 0 Å². The number of hydrogen-bond donors (Lipinski definition) is 1. The summed E-state index contributed by atoms with van der Waals surface area (Å²) in [4.78, 5) is 7.82. The Morgan fingerprint density at radius 3 is 2.68 bits per heavy atom. The van der Waals surface area contributed by atoms with Crippen LogP contribution >= 0.6 is 0 Å². The van der Waals surface area contributed by atoms with E-state index < -0.39 is 0 Å². The number of phenolic OH excluding ortho intramolecular Hbond substituents is 1. The summed E-state index contributed by atoms with van der Waals surface area (Å²) in [5.41, 5.74) is 3.36. The molecular weight excluding hydrogens is 239 g/mol. The molecule has 0 saturated heterocycles. The Hall–Kier alpha value is -2.50. The van der Waals surface area contributed by atoms with Crippen LogP contribution in [0.2, 0.25) is 0 Å². The van der Waals surface area contributed by atoms with Crippen molar-refractivity contribution in [2.45, 2.75) is 0 Å². The predicted octanol–water partition coefficient (Wildman–Crippen LogP) is 0.488. The summed E-state index contributed by atoms with van der Waals surface area (Å²) in [7, 11) is 3.53. The molecule has 0 spiro atoms. The predicted molar refractivity (Wildman–Crippen MR) is 80.0 cm³/mol. The topological polar surface area (TPSA) is 70.7 Å². The van der Waals surface area contributed by atoms with Crippen LogP contribution in [0.15, 0.2) is 34.3 Å². The number of aromatic nitrogens is 2. The maximum Gasteiger partial charge on any atom is 0.166 e. The fourth-order valence-electron chi connectivity index (χ4n) is 1.72. The van der Waals surface area contributed by atoms with Gasteiger partial charge < -0.3 is 5.11 Å². The van der Waals surface area contributed by atoms with Crippen molar-refractivity contribution in [2.24, 2.45) is 9.98 Å². The number of benzene rings is 1. The molecule has 1 heterocycles. The van der Waals surface area contributed by atoms with Crippen LogP contribution in [-0.2, 0) is 0 Å². The van der Waals surface area contributed by atoms with Gasteiger partial charge in [0.1, 0.15) is 5.75 Å². The minimum atomic E-state index is 0.0915. The smallest absolute Gasteiger partial charge is 0.166 e. The molecule has 0 aliphatic rings. The summed E-state index contributed by atoms with van der Waals surface area (Å²) in [6.45, 7) is 3.48. The molecular formula is C13H13BN4O. The molecule has 0 bridgehead atoms. The van der Waals surface area contributed by atoms with E-state index in [9.17, 15) is 5.11 Å². The maximum atomic E-state index is 10.0. The van der Waals surface area contributed by atoms with Crippen molar-refractivity contribution < 1.29 is 5.11 Å². The largest absolute Gasteiger partial charge is 0.507 e. The van der Waals surface area contributed by atoms with Crippen molar-refractivity contribution in [3.05, 3.63) is 29.8 Å². The minimum Gasteiger partial charge on any atom is -0.507 e. The highest BCUT2D eigenvalue weighted by atomic mass is 16.3. The summed E-state index contributed by atoms with van der Waals surface area (Å²) in [5.74, 6) is 0.0915. The minimum absolute atomic E-state index is 0.0915. The summed E-state index contributed by atoms with van der Waals surface area (Å²) < 4.78 is 0. The fraction of sp³-hybridized carbons (Fsp3) is 0.0769. The lowest BCUT2D eigenvalue weighted by atomic mass is 10.0. The molecule has 0 unspecified atom stereocenters. The lowest BCUT2D eigenvalue weighted by Crippen LogP contribution is -2.09. The second-order valence-corrected chi connectivity index (χ2v) is 4.03. The van der Waals surface area contributed by atoms with Crippen molar-refractivity contribution in [2.75, 3.05) is 7.05 Å². The van der Waals surface area contributed by atoms with Gasteiger partial charge in [-0.25, -0.2) is 0 Å². The molecule has 0 fully saturated rings. The Morgan fingerprint density at radius 2 is 2.11 bits per heavy atom. The quantitative estimate of drug-likeness (QED) is 0.638. The third-order valence-corrected chi connectivity index (χ3v) is 2.66. The molecule has 0 aliphatic carbocycles. The van der Waals surface area contributed by atoms with E-state index in [-0.39, 0.29) is 5.75 Å². The van der Waals surface area contributed by atoms with Crippen LogP contribution in [0.5, 0.6) is 5.75 Å². The van der Waals surface area contributed by atoms with Crippen LogP contribution in [0.25, 0.3) is 11.3 Å². The van der Waals surface area contributed by atoms with Gasteiger partial charge in [-0.2, -0.15) is 10.2 Å². The summed E-state index contributed by atoms with van der Waals surface area (Å²) in [6.07, 6.45) is 1.66. The van der Waals surface area contributed by atoms with Gasteiger partial charge in [-0.3, -0.25) is 9.98 Å². The van der Waals surface area contributed by atoms with Gasteiger partial charge in [0.25, 0.3) is 0 Å². The van der Waals surface area contributed by atoms with Crippen molar-refractivity contribution in [1.82, 2.24) is 10.2 Å². The zero-order chi connectivity index (χ0) is 13.8. The molecule has 1 aromatic heterocycles. The first-order chi connectivity index (χ1) is 9.15. The highest BCUT2D eigenvalue weighted by Crippen LogP contribution is 2.33. The Balaban J connectivity index is 2.60.